The third-order valence-corrected chi connectivity index (χ3v) is 4.77. The summed E-state index contributed by atoms with van der Waals surface area (Å²) in [7, 11) is 0. The summed E-state index contributed by atoms with van der Waals surface area (Å²) >= 11 is 1.49. The normalized spacial score (nSPS) is 12.5. The van der Waals surface area contributed by atoms with E-state index in [1.807, 2.05) is 25.1 Å². The Morgan fingerprint density at radius 3 is 2.65 bits per heavy atom. The number of rotatable bonds is 6. The zero-order valence-electron chi connectivity index (χ0n) is 12.3. The topological polar surface area (TPSA) is 17.1 Å². The molecule has 0 amide bonds. The van der Waals surface area contributed by atoms with E-state index in [2.05, 4.69) is 31.2 Å². The highest BCUT2D eigenvalue weighted by molar-refractivity contribution is 8.13. The van der Waals surface area contributed by atoms with Crippen molar-refractivity contribution in [2.75, 3.05) is 5.75 Å². The van der Waals surface area contributed by atoms with Crippen molar-refractivity contribution in [3.8, 4) is 0 Å². The Balaban J connectivity index is 2.10. The van der Waals surface area contributed by atoms with Crippen molar-refractivity contribution >= 4 is 27.6 Å². The van der Waals surface area contributed by atoms with Crippen LogP contribution in [0.5, 0.6) is 0 Å². The summed E-state index contributed by atoms with van der Waals surface area (Å²) in [6.07, 6.45) is 3.55. The molecule has 2 aromatic rings. The highest BCUT2D eigenvalue weighted by atomic mass is 32.2. The lowest BCUT2D eigenvalue weighted by molar-refractivity contribution is -0.111. The van der Waals surface area contributed by atoms with Crippen LogP contribution >= 0.6 is 11.8 Å². The van der Waals surface area contributed by atoms with Crippen LogP contribution in [0.3, 0.4) is 0 Å². The summed E-state index contributed by atoms with van der Waals surface area (Å²) in [5, 5.41) is 2.70. The van der Waals surface area contributed by atoms with E-state index in [1.54, 1.807) is 0 Å². The molecule has 0 aromatic heterocycles. The molecule has 106 valence electrons. The highest BCUT2D eigenvalue weighted by Gasteiger charge is 2.17. The van der Waals surface area contributed by atoms with E-state index in [4.69, 9.17) is 0 Å². The summed E-state index contributed by atoms with van der Waals surface area (Å²) in [6, 6.07) is 14.5. The maximum atomic E-state index is 12.3. The Labute approximate surface area is 125 Å². The second-order valence-corrected chi connectivity index (χ2v) is 6.26. The van der Waals surface area contributed by atoms with Gasteiger partial charge in [-0.3, -0.25) is 4.79 Å². The predicted octanol–water partition coefficient (Wildman–Crippen LogP) is 5.39. The number of unbranched alkanes of at least 4 members (excludes halogenated alkanes) is 2. The van der Waals surface area contributed by atoms with Gasteiger partial charge in [0.2, 0.25) is 0 Å². The van der Waals surface area contributed by atoms with Crippen molar-refractivity contribution in [1.29, 1.82) is 0 Å². The Kier molecular flexibility index (Phi) is 5.66. The van der Waals surface area contributed by atoms with Crippen LogP contribution in [-0.4, -0.2) is 10.9 Å². The van der Waals surface area contributed by atoms with Crippen LogP contribution in [0.2, 0.25) is 0 Å². The molecule has 0 bridgehead atoms. The van der Waals surface area contributed by atoms with Gasteiger partial charge in [-0.2, -0.15) is 0 Å². The number of carbonyl (C=O) groups excluding carboxylic acids is 1. The Morgan fingerprint density at radius 1 is 1.10 bits per heavy atom. The van der Waals surface area contributed by atoms with Crippen LogP contribution in [-0.2, 0) is 4.79 Å². The summed E-state index contributed by atoms with van der Waals surface area (Å²) in [5.74, 6) is 0.912. The average molecular weight is 286 g/mol. The first kappa shape index (κ1) is 15.1. The molecule has 0 aliphatic heterocycles. The quantitative estimate of drug-likeness (QED) is 0.662. The Hall–Kier alpha value is -1.28. The van der Waals surface area contributed by atoms with Crippen molar-refractivity contribution < 1.29 is 4.79 Å². The molecule has 0 aliphatic rings. The Bertz CT molecular complexity index is 571. The monoisotopic (exact) mass is 286 g/mol. The number of carbonyl (C=O) groups is 1. The number of fused-ring (bicyclic) bond motifs is 1. The fourth-order valence-electron chi connectivity index (χ4n) is 2.40. The van der Waals surface area contributed by atoms with Crippen molar-refractivity contribution in [2.24, 2.45) is 0 Å². The molecule has 0 fully saturated rings. The van der Waals surface area contributed by atoms with E-state index in [0.717, 1.165) is 17.7 Å². The Morgan fingerprint density at radius 2 is 1.85 bits per heavy atom. The molecular weight excluding hydrogens is 264 g/mol. The molecule has 1 atom stereocenters. The number of benzene rings is 2. The molecule has 1 nitrogen and oxygen atoms in total. The third-order valence-electron chi connectivity index (χ3n) is 3.64. The van der Waals surface area contributed by atoms with Crippen LogP contribution in [0.25, 0.3) is 10.8 Å². The van der Waals surface area contributed by atoms with Gasteiger partial charge in [-0.15, -0.1) is 0 Å². The molecule has 0 saturated heterocycles. The van der Waals surface area contributed by atoms with Crippen molar-refractivity contribution in [2.45, 2.75) is 39.0 Å². The SMILES string of the molecule is CCCCCSC(=O)C(C)c1cccc2ccccc12. The minimum atomic E-state index is -0.0345. The first-order valence-corrected chi connectivity index (χ1v) is 8.37. The molecule has 2 aromatic carbocycles. The number of hydrogen-bond acceptors (Lipinski definition) is 2. The van der Waals surface area contributed by atoms with Gasteiger partial charge in [0.1, 0.15) is 0 Å². The highest BCUT2D eigenvalue weighted by Crippen LogP contribution is 2.29. The minimum absolute atomic E-state index is 0.0345. The van der Waals surface area contributed by atoms with Gasteiger partial charge in [-0.1, -0.05) is 80.9 Å². The summed E-state index contributed by atoms with van der Waals surface area (Å²) < 4.78 is 0. The molecule has 1 unspecified atom stereocenters. The van der Waals surface area contributed by atoms with Gasteiger partial charge in [0, 0.05) is 5.75 Å². The zero-order chi connectivity index (χ0) is 14.4. The van der Waals surface area contributed by atoms with E-state index < -0.39 is 0 Å². The summed E-state index contributed by atoms with van der Waals surface area (Å²) in [6.45, 7) is 4.21. The first-order valence-electron chi connectivity index (χ1n) is 7.38. The molecule has 0 aliphatic carbocycles. The molecule has 0 heterocycles. The van der Waals surface area contributed by atoms with E-state index in [0.29, 0.717) is 0 Å². The molecule has 0 saturated carbocycles. The predicted molar refractivity (Wildman–Crippen MR) is 89.4 cm³/mol. The minimum Gasteiger partial charge on any atom is -0.287 e. The molecular formula is C18H22OS. The lowest BCUT2D eigenvalue weighted by atomic mass is 9.96. The van der Waals surface area contributed by atoms with Crippen LogP contribution < -0.4 is 0 Å². The third kappa shape index (κ3) is 3.63. The molecule has 2 rings (SSSR count). The van der Waals surface area contributed by atoms with Gasteiger partial charge in [0.15, 0.2) is 5.12 Å². The maximum Gasteiger partial charge on any atom is 0.196 e. The maximum absolute atomic E-state index is 12.3. The smallest absolute Gasteiger partial charge is 0.196 e. The van der Waals surface area contributed by atoms with Crippen molar-refractivity contribution in [1.82, 2.24) is 0 Å². The van der Waals surface area contributed by atoms with E-state index >= 15 is 0 Å². The van der Waals surface area contributed by atoms with Gasteiger partial charge in [0.25, 0.3) is 0 Å². The molecule has 0 spiro atoms. The second-order valence-electron chi connectivity index (χ2n) is 5.16. The van der Waals surface area contributed by atoms with Crippen LogP contribution in [0.15, 0.2) is 42.5 Å². The fraction of sp³-hybridized carbons (Fsp3) is 0.389. The van der Waals surface area contributed by atoms with Crippen LogP contribution in [0.4, 0.5) is 0 Å². The van der Waals surface area contributed by atoms with Gasteiger partial charge in [-0.25, -0.2) is 0 Å². The number of hydrogen-bond donors (Lipinski definition) is 0. The van der Waals surface area contributed by atoms with Crippen molar-refractivity contribution in [3.05, 3.63) is 48.0 Å². The summed E-state index contributed by atoms with van der Waals surface area (Å²) in [5.41, 5.74) is 1.15. The van der Waals surface area contributed by atoms with Crippen molar-refractivity contribution in [3.63, 3.8) is 0 Å². The van der Waals surface area contributed by atoms with Gasteiger partial charge in [-0.05, 0) is 22.8 Å². The second kappa shape index (κ2) is 7.49. The lowest BCUT2D eigenvalue weighted by Crippen LogP contribution is -2.06. The van der Waals surface area contributed by atoms with E-state index in [1.165, 1.54) is 35.4 Å². The van der Waals surface area contributed by atoms with E-state index in [9.17, 15) is 4.79 Å². The average Bonchev–Trinajstić information content (AvgIpc) is 2.50. The molecule has 0 N–H and O–H groups in total. The van der Waals surface area contributed by atoms with Crippen LogP contribution in [0, 0.1) is 0 Å². The van der Waals surface area contributed by atoms with Gasteiger partial charge in [0.05, 0.1) is 5.92 Å². The standard InChI is InChI=1S/C18H22OS/c1-3-4-7-13-20-18(19)14(2)16-12-8-10-15-9-5-6-11-17(15)16/h5-6,8-12,14H,3-4,7,13H2,1-2H3. The fourth-order valence-corrected chi connectivity index (χ4v) is 3.33. The lowest BCUT2D eigenvalue weighted by Gasteiger charge is -2.13. The zero-order valence-corrected chi connectivity index (χ0v) is 13.1. The molecule has 0 radical (unpaired) electrons. The first-order chi connectivity index (χ1) is 9.74. The van der Waals surface area contributed by atoms with E-state index in [-0.39, 0.29) is 11.0 Å². The van der Waals surface area contributed by atoms with Crippen LogP contribution in [0.1, 0.15) is 44.6 Å². The van der Waals surface area contributed by atoms with Gasteiger partial charge >= 0.3 is 0 Å². The molecule has 20 heavy (non-hydrogen) atoms. The number of thioether (sulfide) groups is 1. The van der Waals surface area contributed by atoms with Gasteiger partial charge < -0.3 is 0 Å². The summed E-state index contributed by atoms with van der Waals surface area (Å²) in [4.78, 5) is 12.3. The largest absolute Gasteiger partial charge is 0.287 e. The molecule has 2 heteroatoms.